The highest BCUT2D eigenvalue weighted by atomic mass is 16.5. The van der Waals surface area contributed by atoms with E-state index in [1.165, 1.54) is 5.56 Å². The maximum atomic E-state index is 5.35. The van der Waals surface area contributed by atoms with Crippen LogP contribution in [0.25, 0.3) is 11.5 Å². The maximum absolute atomic E-state index is 5.35. The number of benzene rings is 1. The van der Waals surface area contributed by atoms with Gasteiger partial charge in [0.05, 0.1) is 12.1 Å². The van der Waals surface area contributed by atoms with Gasteiger partial charge < -0.3 is 9.84 Å². The molecule has 0 saturated heterocycles. The van der Waals surface area contributed by atoms with Crippen LogP contribution in [0.2, 0.25) is 0 Å². The third-order valence-corrected chi connectivity index (χ3v) is 3.22. The summed E-state index contributed by atoms with van der Waals surface area (Å²) in [5.41, 5.74) is 2.88. The molecule has 1 atom stereocenters. The molecule has 7 heteroatoms. The van der Waals surface area contributed by atoms with Crippen molar-refractivity contribution in [1.29, 1.82) is 0 Å². The lowest BCUT2D eigenvalue weighted by Crippen LogP contribution is -2.04. The largest absolute Gasteiger partial charge is 0.384 e. The van der Waals surface area contributed by atoms with E-state index in [9.17, 15) is 0 Å². The van der Waals surface area contributed by atoms with E-state index in [4.69, 9.17) is 4.52 Å². The number of H-pyrrole nitrogens is 1. The van der Waals surface area contributed by atoms with Crippen LogP contribution in [-0.4, -0.2) is 32.1 Å². The van der Waals surface area contributed by atoms with Gasteiger partial charge in [0, 0.05) is 12.2 Å². The molecule has 3 aromatic rings. The van der Waals surface area contributed by atoms with Crippen LogP contribution >= 0.6 is 0 Å². The molecular formula is C12H10N6O. The number of aromatic nitrogens is 5. The summed E-state index contributed by atoms with van der Waals surface area (Å²) in [6.45, 7) is 0.764. The number of anilines is 1. The van der Waals surface area contributed by atoms with Crippen molar-refractivity contribution < 1.29 is 4.52 Å². The molecule has 0 aliphatic carbocycles. The SMILES string of the molecule is c1ccc2c(c1)NCC2c1nc(-c2cn[nH]n2)no1. The molecule has 2 N–H and O–H groups in total. The smallest absolute Gasteiger partial charge is 0.236 e. The highest BCUT2D eigenvalue weighted by Gasteiger charge is 2.28. The Hall–Kier alpha value is -2.70. The highest BCUT2D eigenvalue weighted by molar-refractivity contribution is 5.59. The van der Waals surface area contributed by atoms with Gasteiger partial charge in [-0.25, -0.2) is 0 Å². The third kappa shape index (κ3) is 1.59. The topological polar surface area (TPSA) is 92.5 Å². The standard InChI is InChI=1S/C12H10N6O/c1-2-4-9-7(3-1)8(5-13-9)12-15-11(17-19-12)10-6-14-18-16-10/h1-4,6,8,13H,5H2,(H,14,16,18). The van der Waals surface area contributed by atoms with Crippen molar-refractivity contribution >= 4 is 5.69 Å². The van der Waals surface area contributed by atoms with Crippen molar-refractivity contribution in [2.45, 2.75) is 5.92 Å². The van der Waals surface area contributed by atoms with Crippen LogP contribution in [-0.2, 0) is 0 Å². The molecule has 0 radical (unpaired) electrons. The molecule has 94 valence electrons. The molecule has 0 saturated carbocycles. The van der Waals surface area contributed by atoms with Gasteiger partial charge in [0.1, 0.15) is 0 Å². The Labute approximate surface area is 108 Å². The van der Waals surface area contributed by atoms with E-state index in [1.807, 2.05) is 18.2 Å². The van der Waals surface area contributed by atoms with Gasteiger partial charge in [-0.15, -0.1) is 0 Å². The van der Waals surface area contributed by atoms with Crippen LogP contribution < -0.4 is 5.32 Å². The van der Waals surface area contributed by atoms with E-state index in [1.54, 1.807) is 6.20 Å². The van der Waals surface area contributed by atoms with Crippen molar-refractivity contribution in [2.75, 3.05) is 11.9 Å². The summed E-state index contributed by atoms with van der Waals surface area (Å²) in [6.07, 6.45) is 1.56. The predicted octanol–water partition coefficient (Wildman–Crippen LogP) is 1.41. The van der Waals surface area contributed by atoms with Gasteiger partial charge in [-0.1, -0.05) is 23.4 Å². The summed E-state index contributed by atoms with van der Waals surface area (Å²) in [7, 11) is 0. The summed E-state index contributed by atoms with van der Waals surface area (Å²) in [6, 6.07) is 8.13. The van der Waals surface area contributed by atoms with Gasteiger partial charge in [-0.2, -0.15) is 20.4 Å². The molecule has 1 aromatic carbocycles. The second kappa shape index (κ2) is 3.91. The van der Waals surface area contributed by atoms with Gasteiger partial charge in [0.2, 0.25) is 11.7 Å². The van der Waals surface area contributed by atoms with Crippen molar-refractivity contribution in [3.8, 4) is 11.5 Å². The Kier molecular flexibility index (Phi) is 2.11. The first-order valence-electron chi connectivity index (χ1n) is 5.94. The molecule has 19 heavy (non-hydrogen) atoms. The van der Waals surface area contributed by atoms with Gasteiger partial charge in [0.15, 0.2) is 5.69 Å². The molecule has 0 bridgehead atoms. The number of nitrogens with zero attached hydrogens (tertiary/aromatic N) is 4. The van der Waals surface area contributed by atoms with Crippen molar-refractivity contribution in [3.63, 3.8) is 0 Å². The molecule has 7 nitrogen and oxygen atoms in total. The Balaban J connectivity index is 1.71. The molecule has 1 unspecified atom stereocenters. The van der Waals surface area contributed by atoms with Crippen LogP contribution in [0, 0.1) is 0 Å². The number of aromatic amines is 1. The molecule has 1 aliphatic heterocycles. The van der Waals surface area contributed by atoms with Gasteiger partial charge in [-0.3, -0.25) is 0 Å². The fourth-order valence-electron chi connectivity index (χ4n) is 2.29. The van der Waals surface area contributed by atoms with Crippen molar-refractivity contribution in [3.05, 3.63) is 41.9 Å². The summed E-state index contributed by atoms with van der Waals surface area (Å²) < 4.78 is 5.35. The molecule has 4 rings (SSSR count). The van der Waals surface area contributed by atoms with Gasteiger partial charge in [-0.05, 0) is 11.6 Å². The van der Waals surface area contributed by atoms with Gasteiger partial charge in [0.25, 0.3) is 0 Å². The van der Waals surface area contributed by atoms with Crippen LogP contribution in [0.5, 0.6) is 0 Å². The Bertz CT molecular complexity index is 705. The molecule has 0 amide bonds. The first-order valence-corrected chi connectivity index (χ1v) is 5.94. The number of hydrogen-bond acceptors (Lipinski definition) is 6. The lowest BCUT2D eigenvalue weighted by atomic mass is 10.0. The maximum Gasteiger partial charge on any atom is 0.236 e. The molecule has 2 aromatic heterocycles. The first kappa shape index (κ1) is 10.2. The van der Waals surface area contributed by atoms with Crippen LogP contribution in [0.3, 0.4) is 0 Å². The highest BCUT2D eigenvalue weighted by Crippen LogP contribution is 2.35. The van der Waals surface area contributed by atoms with Crippen LogP contribution in [0.1, 0.15) is 17.4 Å². The van der Waals surface area contributed by atoms with Crippen LogP contribution in [0.4, 0.5) is 5.69 Å². The molecule has 1 aliphatic rings. The quantitative estimate of drug-likeness (QED) is 0.718. The zero-order chi connectivity index (χ0) is 12.7. The number of rotatable bonds is 2. The Morgan fingerprint density at radius 3 is 3.11 bits per heavy atom. The average molecular weight is 254 g/mol. The number of nitrogens with one attached hydrogen (secondary N) is 2. The fourth-order valence-corrected chi connectivity index (χ4v) is 2.29. The van der Waals surface area contributed by atoms with Crippen LogP contribution in [0.15, 0.2) is 35.0 Å². The fraction of sp³-hybridized carbons (Fsp3) is 0.167. The third-order valence-electron chi connectivity index (χ3n) is 3.22. The number of hydrogen-bond donors (Lipinski definition) is 2. The minimum atomic E-state index is 0.0874. The lowest BCUT2D eigenvalue weighted by Gasteiger charge is -2.02. The summed E-state index contributed by atoms with van der Waals surface area (Å²) >= 11 is 0. The van der Waals surface area contributed by atoms with Crippen molar-refractivity contribution in [1.82, 2.24) is 25.6 Å². The number of para-hydroxylation sites is 1. The van der Waals surface area contributed by atoms with E-state index in [2.05, 4.69) is 36.9 Å². The van der Waals surface area contributed by atoms with E-state index in [0.29, 0.717) is 17.4 Å². The monoisotopic (exact) mass is 254 g/mol. The Morgan fingerprint density at radius 1 is 1.26 bits per heavy atom. The number of fused-ring (bicyclic) bond motifs is 1. The molecule has 0 spiro atoms. The van der Waals surface area contributed by atoms with E-state index in [-0.39, 0.29) is 5.92 Å². The first-order chi connectivity index (χ1) is 9.42. The zero-order valence-electron chi connectivity index (χ0n) is 9.87. The zero-order valence-corrected chi connectivity index (χ0v) is 9.87. The minimum Gasteiger partial charge on any atom is -0.384 e. The summed E-state index contributed by atoms with van der Waals surface area (Å²) in [5, 5.41) is 17.5. The Morgan fingerprint density at radius 2 is 2.21 bits per heavy atom. The molecular weight excluding hydrogens is 244 g/mol. The molecule has 0 fully saturated rings. The van der Waals surface area contributed by atoms with E-state index < -0.39 is 0 Å². The van der Waals surface area contributed by atoms with Crippen molar-refractivity contribution in [2.24, 2.45) is 0 Å². The summed E-state index contributed by atoms with van der Waals surface area (Å²) in [5.74, 6) is 1.13. The van der Waals surface area contributed by atoms with E-state index in [0.717, 1.165) is 12.2 Å². The van der Waals surface area contributed by atoms with Gasteiger partial charge >= 0.3 is 0 Å². The average Bonchev–Trinajstić information content (AvgIpc) is 3.18. The lowest BCUT2D eigenvalue weighted by molar-refractivity contribution is 0.370. The molecule has 3 heterocycles. The van der Waals surface area contributed by atoms with E-state index >= 15 is 0 Å². The second-order valence-corrected chi connectivity index (χ2v) is 4.33. The summed E-state index contributed by atoms with van der Waals surface area (Å²) in [4.78, 5) is 4.39. The second-order valence-electron chi connectivity index (χ2n) is 4.33. The predicted molar refractivity (Wildman–Crippen MR) is 66.4 cm³/mol. The minimum absolute atomic E-state index is 0.0874. The normalized spacial score (nSPS) is 17.2.